The molecule has 0 fully saturated rings. The van der Waals surface area contributed by atoms with E-state index in [0.29, 0.717) is 5.82 Å². The first-order chi connectivity index (χ1) is 23.8. The zero-order valence-corrected chi connectivity index (χ0v) is 26.1. The molecule has 0 bridgehead atoms. The lowest BCUT2D eigenvalue weighted by atomic mass is 9.94. The van der Waals surface area contributed by atoms with Crippen molar-refractivity contribution in [3.63, 3.8) is 0 Å². The Kier molecular flexibility index (Phi) is 6.80. The van der Waals surface area contributed by atoms with Crippen molar-refractivity contribution >= 4 is 32.6 Å². The van der Waals surface area contributed by atoms with Gasteiger partial charge in [0.05, 0.1) is 16.7 Å². The van der Waals surface area contributed by atoms with Gasteiger partial charge in [-0.1, -0.05) is 146 Å². The van der Waals surface area contributed by atoms with E-state index in [2.05, 4.69) is 152 Å². The zero-order valence-electron chi connectivity index (χ0n) is 26.1. The molecule has 224 valence electrons. The summed E-state index contributed by atoms with van der Waals surface area (Å²) in [5.41, 5.74) is 11.9. The molecule has 0 saturated heterocycles. The summed E-state index contributed by atoms with van der Waals surface area (Å²) < 4.78 is 0. The first-order valence-corrected chi connectivity index (χ1v) is 16.2. The average molecular weight is 612 g/mol. The molecule has 0 aliphatic heterocycles. The number of nitrogens with zero attached hydrogens (tertiary/aromatic N) is 3. The predicted molar refractivity (Wildman–Crippen MR) is 200 cm³/mol. The molecule has 2 aromatic heterocycles. The molecule has 3 heteroatoms. The third-order valence-corrected chi connectivity index (χ3v) is 9.13. The van der Waals surface area contributed by atoms with Crippen molar-refractivity contribution in [3.05, 3.63) is 176 Å². The van der Waals surface area contributed by atoms with Crippen LogP contribution >= 0.6 is 0 Å². The van der Waals surface area contributed by atoms with E-state index in [0.717, 1.165) is 55.1 Å². The van der Waals surface area contributed by atoms with Crippen molar-refractivity contribution in [1.29, 1.82) is 0 Å². The largest absolute Gasteiger partial charge is 0.256 e. The second kappa shape index (κ2) is 11.7. The Morgan fingerprint density at radius 3 is 1.85 bits per heavy atom. The summed E-state index contributed by atoms with van der Waals surface area (Å²) in [4.78, 5) is 14.9. The summed E-state index contributed by atoms with van der Waals surface area (Å²) in [6, 6.07) is 59.7. The maximum absolute atomic E-state index is 5.19. The van der Waals surface area contributed by atoms with Crippen LogP contribution in [0.15, 0.2) is 176 Å². The normalized spacial score (nSPS) is 11.3. The molecule has 0 amide bonds. The van der Waals surface area contributed by atoms with Gasteiger partial charge >= 0.3 is 0 Å². The van der Waals surface area contributed by atoms with Gasteiger partial charge in [-0.2, -0.15) is 0 Å². The van der Waals surface area contributed by atoms with Crippen molar-refractivity contribution in [1.82, 2.24) is 15.0 Å². The number of rotatable bonds is 5. The van der Waals surface area contributed by atoms with Crippen LogP contribution in [-0.4, -0.2) is 15.0 Å². The van der Waals surface area contributed by atoms with Crippen molar-refractivity contribution < 1.29 is 0 Å². The van der Waals surface area contributed by atoms with E-state index in [-0.39, 0.29) is 0 Å². The van der Waals surface area contributed by atoms with Gasteiger partial charge in [0.15, 0.2) is 5.82 Å². The minimum absolute atomic E-state index is 0.710. The van der Waals surface area contributed by atoms with E-state index in [1.54, 1.807) is 0 Å². The summed E-state index contributed by atoms with van der Waals surface area (Å²) >= 11 is 0. The van der Waals surface area contributed by atoms with Gasteiger partial charge in [-0.3, -0.25) is 4.98 Å². The Balaban J connectivity index is 1.11. The lowest BCUT2D eigenvalue weighted by Crippen LogP contribution is -1.95. The molecular formula is C45H29N3. The molecule has 0 aliphatic rings. The predicted octanol–water partition coefficient (Wildman–Crippen LogP) is 11.7. The SMILES string of the molecule is c1ccc(-c2ccc(-c3nc(-c4cccc(-c5cccc(-c6cccc7c6ccc6cccnc67)c5)c4)nc4ccccc34)cc2)cc1. The zero-order chi connectivity index (χ0) is 31.9. The fourth-order valence-electron chi connectivity index (χ4n) is 6.73. The van der Waals surface area contributed by atoms with E-state index in [1.807, 2.05) is 24.4 Å². The van der Waals surface area contributed by atoms with Crippen LogP contribution in [0.2, 0.25) is 0 Å². The van der Waals surface area contributed by atoms with Gasteiger partial charge in [-0.05, 0) is 63.0 Å². The number of fused-ring (bicyclic) bond motifs is 4. The molecule has 9 aromatic rings. The Morgan fingerprint density at radius 2 is 1.00 bits per heavy atom. The minimum atomic E-state index is 0.710. The van der Waals surface area contributed by atoms with Crippen molar-refractivity contribution in [2.45, 2.75) is 0 Å². The molecule has 0 N–H and O–H groups in total. The highest BCUT2D eigenvalue weighted by Crippen LogP contribution is 2.36. The monoisotopic (exact) mass is 611 g/mol. The van der Waals surface area contributed by atoms with Crippen molar-refractivity contribution in [2.24, 2.45) is 0 Å². The molecule has 7 aromatic carbocycles. The van der Waals surface area contributed by atoms with Gasteiger partial charge in [0.25, 0.3) is 0 Å². The van der Waals surface area contributed by atoms with E-state index in [9.17, 15) is 0 Å². The summed E-state index contributed by atoms with van der Waals surface area (Å²) in [6.07, 6.45) is 1.87. The van der Waals surface area contributed by atoms with Gasteiger partial charge < -0.3 is 0 Å². The van der Waals surface area contributed by atoms with Crippen LogP contribution in [0, 0.1) is 0 Å². The van der Waals surface area contributed by atoms with E-state index < -0.39 is 0 Å². The summed E-state index contributed by atoms with van der Waals surface area (Å²) in [5.74, 6) is 0.710. The minimum Gasteiger partial charge on any atom is -0.256 e. The van der Waals surface area contributed by atoms with Gasteiger partial charge in [0.1, 0.15) is 0 Å². The standard InChI is InChI=1S/C45H29N3/c1-2-10-30(11-3-1)31-21-23-33(24-22-31)44-41-17-4-5-20-42(41)47-45(48-44)37-15-7-13-35(29-37)34-12-6-14-36(28-34)38-18-8-19-40-39(38)26-25-32-16-9-27-46-43(32)40/h1-29H. The molecule has 3 nitrogen and oxygen atoms in total. The lowest BCUT2D eigenvalue weighted by molar-refractivity contribution is 1.23. The number of hydrogen-bond acceptors (Lipinski definition) is 3. The topological polar surface area (TPSA) is 38.7 Å². The molecular weight excluding hydrogens is 583 g/mol. The van der Waals surface area contributed by atoms with Crippen LogP contribution in [0.1, 0.15) is 0 Å². The third-order valence-electron chi connectivity index (χ3n) is 9.13. The second-order valence-electron chi connectivity index (χ2n) is 12.1. The summed E-state index contributed by atoms with van der Waals surface area (Å²) in [6.45, 7) is 0. The van der Waals surface area contributed by atoms with Gasteiger partial charge in [0, 0.05) is 33.5 Å². The maximum atomic E-state index is 5.19. The fraction of sp³-hybridized carbons (Fsp3) is 0. The Labute approximate surface area is 278 Å². The molecule has 2 heterocycles. The molecule has 48 heavy (non-hydrogen) atoms. The van der Waals surface area contributed by atoms with Crippen molar-refractivity contribution in [3.8, 4) is 56.0 Å². The quantitative estimate of drug-likeness (QED) is 0.182. The van der Waals surface area contributed by atoms with E-state index in [1.165, 1.54) is 27.6 Å². The Hall–Kier alpha value is -6.45. The lowest BCUT2D eigenvalue weighted by Gasteiger charge is -2.12. The van der Waals surface area contributed by atoms with Crippen LogP contribution in [0.3, 0.4) is 0 Å². The number of hydrogen-bond donors (Lipinski definition) is 0. The number of aromatic nitrogens is 3. The number of para-hydroxylation sites is 1. The van der Waals surface area contributed by atoms with Crippen molar-refractivity contribution in [2.75, 3.05) is 0 Å². The first-order valence-electron chi connectivity index (χ1n) is 16.2. The summed E-state index contributed by atoms with van der Waals surface area (Å²) in [7, 11) is 0. The highest BCUT2D eigenvalue weighted by atomic mass is 14.9. The number of benzene rings is 7. The second-order valence-corrected chi connectivity index (χ2v) is 12.1. The van der Waals surface area contributed by atoms with Crippen LogP contribution in [-0.2, 0) is 0 Å². The van der Waals surface area contributed by atoms with Crippen LogP contribution in [0.5, 0.6) is 0 Å². The average Bonchev–Trinajstić information content (AvgIpc) is 3.17. The molecule has 0 atom stereocenters. The van der Waals surface area contributed by atoms with Crippen LogP contribution in [0.4, 0.5) is 0 Å². The molecule has 0 radical (unpaired) electrons. The molecule has 0 saturated carbocycles. The smallest absolute Gasteiger partial charge is 0.160 e. The highest BCUT2D eigenvalue weighted by molar-refractivity contribution is 6.10. The molecule has 9 rings (SSSR count). The Morgan fingerprint density at radius 1 is 0.354 bits per heavy atom. The molecule has 0 spiro atoms. The highest BCUT2D eigenvalue weighted by Gasteiger charge is 2.14. The molecule has 0 aliphatic carbocycles. The first kappa shape index (κ1) is 27.8. The van der Waals surface area contributed by atoms with Crippen LogP contribution < -0.4 is 0 Å². The van der Waals surface area contributed by atoms with E-state index in [4.69, 9.17) is 15.0 Å². The van der Waals surface area contributed by atoms with Gasteiger partial charge in [-0.15, -0.1) is 0 Å². The van der Waals surface area contributed by atoms with Crippen LogP contribution in [0.25, 0.3) is 88.6 Å². The fourth-order valence-corrected chi connectivity index (χ4v) is 6.73. The van der Waals surface area contributed by atoms with Gasteiger partial charge in [0.2, 0.25) is 0 Å². The maximum Gasteiger partial charge on any atom is 0.160 e. The van der Waals surface area contributed by atoms with E-state index >= 15 is 0 Å². The number of pyridine rings is 1. The Bertz CT molecular complexity index is 2610. The summed E-state index contributed by atoms with van der Waals surface area (Å²) in [5, 5.41) is 4.55. The molecule has 0 unspecified atom stereocenters. The third kappa shape index (κ3) is 4.99. The van der Waals surface area contributed by atoms with Gasteiger partial charge in [-0.25, -0.2) is 9.97 Å².